The first kappa shape index (κ1) is 11.0. The van der Waals surface area contributed by atoms with Crippen LogP contribution in [0.5, 0.6) is 5.75 Å². The van der Waals surface area contributed by atoms with Crippen LogP contribution in [0.2, 0.25) is 0 Å². The summed E-state index contributed by atoms with van der Waals surface area (Å²) in [5.41, 5.74) is 1.46. The average Bonchev–Trinajstić information content (AvgIpc) is 2.09. The Morgan fingerprint density at radius 1 is 1.43 bits per heavy atom. The largest absolute Gasteiger partial charge is 0.508 e. The molecule has 0 spiro atoms. The van der Waals surface area contributed by atoms with E-state index in [0.717, 1.165) is 5.56 Å². The molecule has 0 radical (unpaired) electrons. The van der Waals surface area contributed by atoms with Gasteiger partial charge in [-0.2, -0.15) is 0 Å². The van der Waals surface area contributed by atoms with Crippen molar-refractivity contribution in [2.45, 2.75) is 19.8 Å². The number of benzene rings is 1. The Morgan fingerprint density at radius 2 is 2.07 bits per heavy atom. The van der Waals surface area contributed by atoms with Gasteiger partial charge in [-0.3, -0.25) is 4.79 Å². The fraction of sp³-hybridized carbons (Fsp3) is 0.300. The molecule has 1 aromatic rings. The van der Waals surface area contributed by atoms with Crippen molar-refractivity contribution in [1.29, 1.82) is 0 Å². The van der Waals surface area contributed by atoms with E-state index >= 15 is 0 Å². The van der Waals surface area contributed by atoms with Gasteiger partial charge in [0.1, 0.15) is 5.75 Å². The summed E-state index contributed by atoms with van der Waals surface area (Å²) in [5, 5.41) is 18.1. The number of halogens is 1. The molecule has 3 nitrogen and oxygen atoms in total. The fourth-order valence-electron chi connectivity index (χ4n) is 1.24. The summed E-state index contributed by atoms with van der Waals surface area (Å²) in [6.45, 7) is 1.91. The molecule has 0 saturated carbocycles. The highest BCUT2D eigenvalue weighted by Gasteiger charge is 2.09. The maximum absolute atomic E-state index is 10.5. The molecule has 0 aromatic heterocycles. The van der Waals surface area contributed by atoms with E-state index in [4.69, 9.17) is 5.11 Å². The second-order valence-electron chi connectivity index (χ2n) is 3.00. The van der Waals surface area contributed by atoms with Crippen LogP contribution >= 0.6 is 15.9 Å². The topological polar surface area (TPSA) is 57.5 Å². The highest BCUT2D eigenvalue weighted by molar-refractivity contribution is 9.10. The number of aromatic hydroxyl groups is 1. The molecule has 4 heteroatoms. The number of aliphatic carboxylic acids is 1. The van der Waals surface area contributed by atoms with Crippen molar-refractivity contribution >= 4 is 21.9 Å². The van der Waals surface area contributed by atoms with Gasteiger partial charge in [-0.05, 0) is 23.6 Å². The first-order chi connectivity index (χ1) is 6.54. The van der Waals surface area contributed by atoms with Gasteiger partial charge in [0, 0.05) is 4.47 Å². The number of aryl methyl sites for hydroxylation is 1. The molecule has 76 valence electrons. The van der Waals surface area contributed by atoms with Gasteiger partial charge in [-0.1, -0.05) is 28.9 Å². The molecular formula is C10H11BrO3. The number of carboxylic acids is 1. The summed E-state index contributed by atoms with van der Waals surface area (Å²) in [4.78, 5) is 10.5. The second-order valence-corrected chi connectivity index (χ2v) is 3.85. The van der Waals surface area contributed by atoms with Gasteiger partial charge in [0.05, 0.1) is 6.42 Å². The van der Waals surface area contributed by atoms with Crippen LogP contribution in [0.15, 0.2) is 16.6 Å². The van der Waals surface area contributed by atoms with Crippen molar-refractivity contribution in [3.05, 3.63) is 27.7 Å². The Hall–Kier alpha value is -1.03. The van der Waals surface area contributed by atoms with E-state index in [2.05, 4.69) is 15.9 Å². The number of carbonyl (C=O) groups is 1. The summed E-state index contributed by atoms with van der Waals surface area (Å²) in [5.74, 6) is -0.674. The zero-order valence-corrected chi connectivity index (χ0v) is 9.34. The summed E-state index contributed by atoms with van der Waals surface area (Å²) >= 11 is 3.22. The summed E-state index contributed by atoms with van der Waals surface area (Å²) in [6.07, 6.45) is 0.652. The molecule has 1 aromatic carbocycles. The minimum Gasteiger partial charge on any atom is -0.508 e. The molecule has 0 saturated heterocycles. The molecule has 0 amide bonds. The molecule has 14 heavy (non-hydrogen) atoms. The van der Waals surface area contributed by atoms with E-state index in [1.807, 2.05) is 6.92 Å². The van der Waals surface area contributed by atoms with Crippen LogP contribution < -0.4 is 0 Å². The van der Waals surface area contributed by atoms with E-state index < -0.39 is 5.97 Å². The lowest BCUT2D eigenvalue weighted by atomic mass is 10.1. The molecule has 0 bridgehead atoms. The van der Waals surface area contributed by atoms with Gasteiger partial charge in [0.15, 0.2) is 0 Å². The lowest BCUT2D eigenvalue weighted by Crippen LogP contribution is -2.01. The van der Waals surface area contributed by atoms with Crippen LogP contribution in [0.3, 0.4) is 0 Å². The van der Waals surface area contributed by atoms with E-state index in [1.165, 1.54) is 6.07 Å². The van der Waals surface area contributed by atoms with Gasteiger partial charge in [0.25, 0.3) is 0 Å². The SMILES string of the molecule is CCc1cc(CC(=O)O)c(Br)cc1O. The van der Waals surface area contributed by atoms with Crippen molar-refractivity contribution in [3.63, 3.8) is 0 Å². The van der Waals surface area contributed by atoms with Crippen LogP contribution in [0.25, 0.3) is 0 Å². The zero-order valence-electron chi connectivity index (χ0n) is 7.75. The van der Waals surface area contributed by atoms with Gasteiger partial charge >= 0.3 is 5.97 Å². The minimum atomic E-state index is -0.876. The van der Waals surface area contributed by atoms with Crippen molar-refractivity contribution in [3.8, 4) is 5.75 Å². The van der Waals surface area contributed by atoms with E-state index in [1.54, 1.807) is 6.07 Å². The van der Waals surface area contributed by atoms with Crippen LogP contribution in [-0.4, -0.2) is 16.2 Å². The quantitative estimate of drug-likeness (QED) is 0.875. The first-order valence-corrected chi connectivity index (χ1v) is 5.06. The summed E-state index contributed by atoms with van der Waals surface area (Å²) < 4.78 is 0.634. The Bertz CT molecular complexity index is 361. The van der Waals surface area contributed by atoms with Crippen molar-refractivity contribution in [2.75, 3.05) is 0 Å². The lowest BCUT2D eigenvalue weighted by molar-refractivity contribution is -0.136. The maximum atomic E-state index is 10.5. The van der Waals surface area contributed by atoms with E-state index in [0.29, 0.717) is 16.5 Å². The van der Waals surface area contributed by atoms with Crippen molar-refractivity contribution in [2.24, 2.45) is 0 Å². The summed E-state index contributed by atoms with van der Waals surface area (Å²) in [6, 6.07) is 3.25. The molecule has 0 fully saturated rings. The van der Waals surface area contributed by atoms with Crippen molar-refractivity contribution < 1.29 is 15.0 Å². The summed E-state index contributed by atoms with van der Waals surface area (Å²) in [7, 11) is 0. The highest BCUT2D eigenvalue weighted by atomic mass is 79.9. The van der Waals surface area contributed by atoms with Crippen LogP contribution in [0.1, 0.15) is 18.1 Å². The third-order valence-corrected chi connectivity index (χ3v) is 2.71. The molecule has 0 aliphatic rings. The fourth-order valence-corrected chi connectivity index (χ4v) is 1.71. The highest BCUT2D eigenvalue weighted by Crippen LogP contribution is 2.27. The standard InChI is InChI=1S/C10H11BrO3/c1-2-6-3-7(4-10(13)14)8(11)5-9(6)12/h3,5,12H,2,4H2,1H3,(H,13,14). The zero-order chi connectivity index (χ0) is 10.7. The Morgan fingerprint density at radius 3 is 2.57 bits per heavy atom. The van der Waals surface area contributed by atoms with E-state index in [9.17, 15) is 9.90 Å². The molecule has 0 heterocycles. The normalized spacial score (nSPS) is 10.1. The number of hydrogen-bond acceptors (Lipinski definition) is 2. The number of rotatable bonds is 3. The van der Waals surface area contributed by atoms with Gasteiger partial charge in [-0.15, -0.1) is 0 Å². The lowest BCUT2D eigenvalue weighted by Gasteiger charge is -2.07. The molecule has 0 aliphatic heterocycles. The van der Waals surface area contributed by atoms with E-state index in [-0.39, 0.29) is 12.2 Å². The number of phenols is 1. The number of phenolic OH excluding ortho intramolecular Hbond substituents is 1. The number of carboxylic acid groups (broad SMARTS) is 1. The number of hydrogen-bond donors (Lipinski definition) is 2. The minimum absolute atomic E-state index is 0.0339. The molecule has 0 atom stereocenters. The smallest absolute Gasteiger partial charge is 0.307 e. The molecular weight excluding hydrogens is 248 g/mol. The van der Waals surface area contributed by atoms with Gasteiger partial charge in [0.2, 0.25) is 0 Å². The van der Waals surface area contributed by atoms with Crippen LogP contribution in [0.4, 0.5) is 0 Å². The van der Waals surface area contributed by atoms with Gasteiger partial charge in [-0.25, -0.2) is 0 Å². The monoisotopic (exact) mass is 258 g/mol. The molecule has 2 N–H and O–H groups in total. The first-order valence-electron chi connectivity index (χ1n) is 4.26. The predicted molar refractivity (Wildman–Crippen MR) is 56.5 cm³/mol. The maximum Gasteiger partial charge on any atom is 0.307 e. The molecule has 0 aliphatic carbocycles. The third-order valence-electron chi connectivity index (χ3n) is 1.97. The Balaban J connectivity index is 3.10. The average molecular weight is 259 g/mol. The Kier molecular flexibility index (Phi) is 3.52. The molecule has 1 rings (SSSR count). The predicted octanol–water partition coefficient (Wildman–Crippen LogP) is 2.34. The van der Waals surface area contributed by atoms with Crippen LogP contribution in [0, 0.1) is 0 Å². The van der Waals surface area contributed by atoms with Crippen LogP contribution in [-0.2, 0) is 17.6 Å². The molecule has 0 unspecified atom stereocenters. The Labute approximate surface area is 90.5 Å². The third kappa shape index (κ3) is 2.48. The van der Waals surface area contributed by atoms with Crippen molar-refractivity contribution in [1.82, 2.24) is 0 Å². The second kappa shape index (κ2) is 4.46. The van der Waals surface area contributed by atoms with Gasteiger partial charge < -0.3 is 10.2 Å².